The van der Waals surface area contributed by atoms with E-state index in [1.165, 1.54) is 0 Å². The molecule has 0 heterocycles. The van der Waals surface area contributed by atoms with Gasteiger partial charge in [-0.1, -0.05) is 56.1 Å². The first-order valence-electron chi connectivity index (χ1n) is 7.12. The molecule has 0 bridgehead atoms. The molecule has 0 aliphatic heterocycles. The fourth-order valence-corrected chi connectivity index (χ4v) is 3.89. The monoisotopic (exact) mass is 436 g/mol. The van der Waals surface area contributed by atoms with Crippen LogP contribution in [0.1, 0.15) is 11.1 Å². The topological polar surface area (TPSA) is 47.6 Å². The predicted octanol–water partition coefficient (Wildman–Crippen LogP) is 6.29. The molecular formula is C20H10Br2N2. The van der Waals surface area contributed by atoms with Gasteiger partial charge in [0.15, 0.2) is 0 Å². The quantitative estimate of drug-likeness (QED) is 0.472. The van der Waals surface area contributed by atoms with E-state index >= 15 is 0 Å². The second-order valence-electron chi connectivity index (χ2n) is 5.19. The van der Waals surface area contributed by atoms with Crippen LogP contribution in [0.15, 0.2) is 69.6 Å². The van der Waals surface area contributed by atoms with Crippen molar-refractivity contribution < 1.29 is 0 Å². The Morgan fingerprint density at radius 2 is 0.958 bits per heavy atom. The molecule has 0 saturated heterocycles. The predicted molar refractivity (Wildman–Crippen MR) is 102 cm³/mol. The Labute approximate surface area is 157 Å². The average Bonchev–Trinajstić information content (AvgIpc) is 2.62. The minimum atomic E-state index is 0.638. The largest absolute Gasteiger partial charge is 0.192 e. The van der Waals surface area contributed by atoms with Gasteiger partial charge in [0.2, 0.25) is 0 Å². The second-order valence-corrected chi connectivity index (χ2v) is 6.90. The third-order valence-corrected chi connectivity index (χ3v) is 5.02. The lowest BCUT2D eigenvalue weighted by Crippen LogP contribution is -1.87. The van der Waals surface area contributed by atoms with Crippen LogP contribution in [0, 0.1) is 22.7 Å². The summed E-state index contributed by atoms with van der Waals surface area (Å²) < 4.78 is 1.94. The highest BCUT2D eigenvalue weighted by atomic mass is 79.9. The van der Waals surface area contributed by atoms with Gasteiger partial charge in [0.1, 0.15) is 0 Å². The molecule has 2 nitrogen and oxygen atoms in total. The number of rotatable bonds is 2. The van der Waals surface area contributed by atoms with Crippen molar-refractivity contribution in [2.45, 2.75) is 0 Å². The fourth-order valence-electron chi connectivity index (χ4n) is 2.44. The minimum absolute atomic E-state index is 0.638. The highest BCUT2D eigenvalue weighted by Crippen LogP contribution is 2.38. The Morgan fingerprint density at radius 3 is 1.29 bits per heavy atom. The lowest BCUT2D eigenvalue weighted by atomic mass is 9.98. The Hall–Kier alpha value is -2.40. The van der Waals surface area contributed by atoms with Crippen molar-refractivity contribution in [3.05, 3.63) is 80.7 Å². The summed E-state index contributed by atoms with van der Waals surface area (Å²) in [5.74, 6) is 0. The molecule has 0 aliphatic carbocycles. The number of nitriles is 2. The molecule has 0 fully saturated rings. The normalized spacial score (nSPS) is 10.0. The van der Waals surface area contributed by atoms with Crippen molar-refractivity contribution in [3.63, 3.8) is 0 Å². The van der Waals surface area contributed by atoms with E-state index < -0.39 is 0 Å². The molecule has 0 atom stereocenters. The summed E-state index contributed by atoms with van der Waals surface area (Å²) in [4.78, 5) is 0. The summed E-state index contributed by atoms with van der Waals surface area (Å²) in [7, 11) is 0. The second kappa shape index (κ2) is 7.01. The highest BCUT2D eigenvalue weighted by molar-refractivity contribution is 9.11. The van der Waals surface area contributed by atoms with Gasteiger partial charge in [0, 0.05) is 8.95 Å². The smallest absolute Gasteiger partial charge is 0.0991 e. The molecule has 0 spiro atoms. The Kier molecular flexibility index (Phi) is 4.81. The molecule has 0 unspecified atom stereocenters. The van der Waals surface area contributed by atoms with Gasteiger partial charge >= 0.3 is 0 Å². The summed E-state index contributed by atoms with van der Waals surface area (Å²) >= 11 is 7.22. The zero-order valence-corrected chi connectivity index (χ0v) is 15.6. The van der Waals surface area contributed by atoms with Gasteiger partial charge in [-0.05, 0) is 58.7 Å². The zero-order valence-electron chi connectivity index (χ0n) is 12.4. The van der Waals surface area contributed by atoms with E-state index in [0.717, 1.165) is 31.2 Å². The summed E-state index contributed by atoms with van der Waals surface area (Å²) in [5.41, 5.74) is 5.43. The third-order valence-electron chi connectivity index (χ3n) is 3.71. The van der Waals surface area contributed by atoms with Crippen LogP contribution in [0.25, 0.3) is 22.3 Å². The summed E-state index contributed by atoms with van der Waals surface area (Å²) in [6.45, 7) is 0. The van der Waals surface area contributed by atoms with Crippen LogP contribution in [0.2, 0.25) is 0 Å². The standard InChI is InChI=1S/C20H10Br2N2/c21-19-10-20(22)18(16-7-3-14(12-24)4-8-16)9-17(19)15-5-1-13(11-23)2-6-15/h1-10H. The van der Waals surface area contributed by atoms with Gasteiger partial charge in [-0.25, -0.2) is 0 Å². The van der Waals surface area contributed by atoms with Crippen LogP contribution < -0.4 is 0 Å². The molecule has 0 aliphatic rings. The first kappa shape index (κ1) is 16.5. The molecule has 3 aromatic carbocycles. The number of benzene rings is 3. The van der Waals surface area contributed by atoms with Gasteiger partial charge in [0.25, 0.3) is 0 Å². The van der Waals surface area contributed by atoms with Crippen LogP contribution in [0.5, 0.6) is 0 Å². The fraction of sp³-hybridized carbons (Fsp3) is 0. The molecule has 0 N–H and O–H groups in total. The SMILES string of the molecule is N#Cc1ccc(-c2cc(-c3ccc(C#N)cc3)c(Br)cc2Br)cc1. The number of nitrogens with zero attached hydrogens (tertiary/aromatic N) is 2. The van der Waals surface area contributed by atoms with Gasteiger partial charge in [0.05, 0.1) is 23.3 Å². The van der Waals surface area contributed by atoms with Crippen molar-refractivity contribution in [2.75, 3.05) is 0 Å². The van der Waals surface area contributed by atoms with E-state index in [4.69, 9.17) is 10.5 Å². The van der Waals surface area contributed by atoms with Crippen LogP contribution in [0.4, 0.5) is 0 Å². The summed E-state index contributed by atoms with van der Waals surface area (Å²) in [5, 5.41) is 17.9. The third kappa shape index (κ3) is 3.26. The van der Waals surface area contributed by atoms with Gasteiger partial charge in [-0.3, -0.25) is 0 Å². The van der Waals surface area contributed by atoms with Crippen molar-refractivity contribution >= 4 is 31.9 Å². The molecule has 3 rings (SSSR count). The number of hydrogen-bond donors (Lipinski definition) is 0. The molecule has 4 heteroatoms. The maximum atomic E-state index is 8.94. The molecule has 114 valence electrons. The molecule has 24 heavy (non-hydrogen) atoms. The van der Waals surface area contributed by atoms with E-state index in [1.807, 2.05) is 54.6 Å². The van der Waals surface area contributed by atoms with Crippen LogP contribution in [-0.4, -0.2) is 0 Å². The summed E-state index contributed by atoms with van der Waals surface area (Å²) in [6, 6.07) is 23.4. The zero-order chi connectivity index (χ0) is 17.1. The first-order valence-corrected chi connectivity index (χ1v) is 8.71. The van der Waals surface area contributed by atoms with Crippen molar-refractivity contribution in [3.8, 4) is 34.4 Å². The van der Waals surface area contributed by atoms with Gasteiger partial charge in [-0.2, -0.15) is 10.5 Å². The van der Waals surface area contributed by atoms with Crippen LogP contribution >= 0.6 is 31.9 Å². The molecule has 0 amide bonds. The minimum Gasteiger partial charge on any atom is -0.192 e. The summed E-state index contributed by atoms with van der Waals surface area (Å²) in [6.07, 6.45) is 0. The van der Waals surface area contributed by atoms with Gasteiger partial charge in [-0.15, -0.1) is 0 Å². The molecule has 3 aromatic rings. The maximum Gasteiger partial charge on any atom is 0.0991 e. The molecule has 0 aromatic heterocycles. The molecule has 0 radical (unpaired) electrons. The van der Waals surface area contributed by atoms with E-state index in [9.17, 15) is 0 Å². The number of halogens is 2. The lowest BCUT2D eigenvalue weighted by molar-refractivity contribution is 1.47. The molecular weight excluding hydrogens is 428 g/mol. The Morgan fingerprint density at radius 1 is 0.583 bits per heavy atom. The van der Waals surface area contributed by atoms with Crippen molar-refractivity contribution in [1.29, 1.82) is 10.5 Å². The molecule has 0 saturated carbocycles. The van der Waals surface area contributed by atoms with Crippen molar-refractivity contribution in [1.82, 2.24) is 0 Å². The maximum absolute atomic E-state index is 8.94. The number of hydrogen-bond acceptors (Lipinski definition) is 2. The van der Waals surface area contributed by atoms with Gasteiger partial charge < -0.3 is 0 Å². The van der Waals surface area contributed by atoms with E-state index in [1.54, 1.807) is 0 Å². The highest BCUT2D eigenvalue weighted by Gasteiger charge is 2.10. The first-order chi connectivity index (χ1) is 11.6. The van der Waals surface area contributed by atoms with Crippen molar-refractivity contribution in [2.24, 2.45) is 0 Å². The van der Waals surface area contributed by atoms with E-state index in [2.05, 4.69) is 50.1 Å². The Balaban J connectivity index is 2.11. The van der Waals surface area contributed by atoms with Crippen LogP contribution in [-0.2, 0) is 0 Å². The van der Waals surface area contributed by atoms with Crippen LogP contribution in [0.3, 0.4) is 0 Å². The lowest BCUT2D eigenvalue weighted by Gasteiger charge is -2.11. The van der Waals surface area contributed by atoms with E-state index in [-0.39, 0.29) is 0 Å². The Bertz CT molecular complexity index is 898. The average molecular weight is 438 g/mol. The van der Waals surface area contributed by atoms with E-state index in [0.29, 0.717) is 11.1 Å².